The molecule has 0 saturated heterocycles. The van der Waals surface area contributed by atoms with Crippen LogP contribution in [0, 0.1) is 0 Å². The van der Waals surface area contributed by atoms with Crippen LogP contribution in [0.2, 0.25) is 5.02 Å². The predicted molar refractivity (Wildman–Crippen MR) is 103 cm³/mol. The fraction of sp³-hybridized carbons (Fsp3) is 0.150. The molecule has 1 N–H and O–H groups in total. The van der Waals surface area contributed by atoms with Crippen molar-refractivity contribution in [3.63, 3.8) is 0 Å². The summed E-state index contributed by atoms with van der Waals surface area (Å²) in [6.07, 6.45) is 0.756. The number of para-hydroxylation sites is 1. The van der Waals surface area contributed by atoms with Gasteiger partial charge in [-0.1, -0.05) is 54.1 Å². The molecule has 0 aromatic heterocycles. The number of amides is 1. The highest BCUT2D eigenvalue weighted by molar-refractivity contribution is 7.93. The Bertz CT molecular complexity index is 1120. The second-order valence-electron chi connectivity index (χ2n) is 6.31. The zero-order valence-electron chi connectivity index (χ0n) is 13.8. The average Bonchev–Trinajstić information content (AvgIpc) is 2.80. The second kappa shape index (κ2) is 6.41. The Balaban J connectivity index is 1.81. The maximum Gasteiger partial charge on any atom is 0.243 e. The molecule has 3 aromatic rings. The van der Waals surface area contributed by atoms with Crippen molar-refractivity contribution in [3.05, 3.63) is 71.2 Å². The summed E-state index contributed by atoms with van der Waals surface area (Å²) in [5.41, 5.74) is 1.62. The molecule has 4 nitrogen and oxygen atoms in total. The molecule has 0 spiro atoms. The van der Waals surface area contributed by atoms with Crippen molar-refractivity contribution >= 4 is 43.8 Å². The van der Waals surface area contributed by atoms with Gasteiger partial charge in [-0.3, -0.25) is 4.79 Å². The number of benzene rings is 3. The number of fused-ring (bicyclic) bond motifs is 2. The van der Waals surface area contributed by atoms with E-state index in [0.717, 1.165) is 5.56 Å². The topological polar surface area (TPSA) is 63.2 Å². The Labute approximate surface area is 156 Å². The highest BCUT2D eigenvalue weighted by Gasteiger charge is 2.36. The van der Waals surface area contributed by atoms with Gasteiger partial charge in [0.25, 0.3) is 0 Å². The number of anilines is 1. The summed E-state index contributed by atoms with van der Waals surface area (Å²) in [4.78, 5) is 12.8. The first-order valence-corrected chi connectivity index (χ1v) is 10.2. The standard InChI is InChI=1S/C20H16ClNO3S/c21-16-10-12-18(15-7-3-2-6-14(15)16)26(24,25)19-11-9-13-5-1-4-8-17(13)22-20(19)23/h1-8,10,12,19H,9,11H2,(H,22,23). The lowest BCUT2D eigenvalue weighted by molar-refractivity contribution is -0.115. The summed E-state index contributed by atoms with van der Waals surface area (Å²) in [5, 5.41) is 3.30. The minimum atomic E-state index is -3.87. The molecule has 4 rings (SSSR count). The van der Waals surface area contributed by atoms with E-state index in [9.17, 15) is 13.2 Å². The van der Waals surface area contributed by atoms with E-state index in [4.69, 9.17) is 11.6 Å². The van der Waals surface area contributed by atoms with E-state index in [1.54, 1.807) is 36.4 Å². The molecule has 0 bridgehead atoms. The molecule has 132 valence electrons. The molecular formula is C20H16ClNO3S. The molecular weight excluding hydrogens is 370 g/mol. The van der Waals surface area contributed by atoms with Gasteiger partial charge in [-0.05, 0) is 36.6 Å². The summed E-state index contributed by atoms with van der Waals surface area (Å²) in [7, 11) is -3.87. The molecule has 0 saturated carbocycles. The fourth-order valence-electron chi connectivity index (χ4n) is 3.42. The van der Waals surface area contributed by atoms with Crippen molar-refractivity contribution in [2.75, 3.05) is 5.32 Å². The van der Waals surface area contributed by atoms with Gasteiger partial charge in [-0.25, -0.2) is 8.42 Å². The summed E-state index contributed by atoms with van der Waals surface area (Å²) in [6, 6.07) is 17.5. The summed E-state index contributed by atoms with van der Waals surface area (Å²) < 4.78 is 26.6. The van der Waals surface area contributed by atoms with Gasteiger partial charge < -0.3 is 5.32 Å². The van der Waals surface area contributed by atoms with Crippen LogP contribution in [0.5, 0.6) is 0 Å². The Morgan fingerprint density at radius 1 is 0.923 bits per heavy atom. The Morgan fingerprint density at radius 2 is 1.62 bits per heavy atom. The van der Waals surface area contributed by atoms with Crippen LogP contribution < -0.4 is 5.32 Å². The molecule has 1 unspecified atom stereocenters. The van der Waals surface area contributed by atoms with Crippen LogP contribution in [0.15, 0.2) is 65.6 Å². The molecule has 1 aliphatic heterocycles. The number of nitrogens with one attached hydrogen (secondary N) is 1. The highest BCUT2D eigenvalue weighted by Crippen LogP contribution is 2.33. The number of halogens is 1. The molecule has 3 aromatic carbocycles. The molecule has 0 radical (unpaired) electrons. The van der Waals surface area contributed by atoms with Crippen molar-refractivity contribution in [2.24, 2.45) is 0 Å². The van der Waals surface area contributed by atoms with Gasteiger partial charge in [0.15, 0.2) is 9.84 Å². The lowest BCUT2D eigenvalue weighted by atomic mass is 10.1. The molecule has 1 atom stereocenters. The molecule has 1 aliphatic rings. The number of aryl methyl sites for hydroxylation is 1. The second-order valence-corrected chi connectivity index (χ2v) is 8.82. The normalized spacial score (nSPS) is 17.4. The van der Waals surface area contributed by atoms with Gasteiger partial charge in [-0.2, -0.15) is 0 Å². The van der Waals surface area contributed by atoms with Crippen LogP contribution in [-0.4, -0.2) is 19.6 Å². The Kier molecular flexibility index (Phi) is 4.21. The minimum Gasteiger partial charge on any atom is -0.325 e. The monoisotopic (exact) mass is 385 g/mol. The van der Waals surface area contributed by atoms with Crippen molar-refractivity contribution in [1.82, 2.24) is 0 Å². The minimum absolute atomic E-state index is 0.142. The maximum absolute atomic E-state index is 13.3. The van der Waals surface area contributed by atoms with Crippen LogP contribution in [0.3, 0.4) is 0 Å². The van der Waals surface area contributed by atoms with E-state index < -0.39 is 21.0 Å². The number of rotatable bonds is 2. The molecule has 0 fully saturated rings. The van der Waals surface area contributed by atoms with Crippen molar-refractivity contribution in [3.8, 4) is 0 Å². The fourth-order valence-corrected chi connectivity index (χ4v) is 5.47. The van der Waals surface area contributed by atoms with E-state index in [-0.39, 0.29) is 11.3 Å². The molecule has 1 amide bonds. The Hall–Kier alpha value is -2.37. The van der Waals surface area contributed by atoms with Crippen LogP contribution in [0.4, 0.5) is 5.69 Å². The molecule has 1 heterocycles. The summed E-state index contributed by atoms with van der Waals surface area (Å²) in [6.45, 7) is 0. The third-order valence-electron chi connectivity index (χ3n) is 4.76. The van der Waals surface area contributed by atoms with Gasteiger partial charge in [0.1, 0.15) is 5.25 Å². The predicted octanol–water partition coefficient (Wildman–Crippen LogP) is 4.22. The van der Waals surface area contributed by atoms with E-state index in [0.29, 0.717) is 27.9 Å². The first kappa shape index (κ1) is 17.1. The van der Waals surface area contributed by atoms with Crippen LogP contribution >= 0.6 is 11.6 Å². The highest BCUT2D eigenvalue weighted by atomic mass is 35.5. The van der Waals surface area contributed by atoms with Crippen LogP contribution in [-0.2, 0) is 21.1 Å². The molecule has 0 aliphatic carbocycles. The van der Waals surface area contributed by atoms with Crippen LogP contribution in [0.1, 0.15) is 12.0 Å². The van der Waals surface area contributed by atoms with Gasteiger partial charge >= 0.3 is 0 Å². The van der Waals surface area contributed by atoms with E-state index in [1.165, 1.54) is 6.07 Å². The quantitative estimate of drug-likeness (QED) is 0.718. The smallest absolute Gasteiger partial charge is 0.243 e. The average molecular weight is 386 g/mol. The number of carbonyl (C=O) groups is 1. The number of sulfone groups is 1. The van der Waals surface area contributed by atoms with Gasteiger partial charge in [-0.15, -0.1) is 0 Å². The first-order valence-electron chi connectivity index (χ1n) is 8.28. The largest absolute Gasteiger partial charge is 0.325 e. The molecule has 6 heteroatoms. The van der Waals surface area contributed by atoms with E-state index >= 15 is 0 Å². The van der Waals surface area contributed by atoms with Gasteiger partial charge in [0, 0.05) is 21.5 Å². The molecule has 26 heavy (non-hydrogen) atoms. The first-order chi connectivity index (χ1) is 12.5. The zero-order chi connectivity index (χ0) is 18.3. The third-order valence-corrected chi connectivity index (χ3v) is 7.25. The van der Waals surface area contributed by atoms with Crippen molar-refractivity contribution in [2.45, 2.75) is 23.0 Å². The lowest BCUT2D eigenvalue weighted by Gasteiger charge is -2.16. The third kappa shape index (κ3) is 2.77. The summed E-state index contributed by atoms with van der Waals surface area (Å²) >= 11 is 6.21. The van der Waals surface area contributed by atoms with E-state index in [1.807, 2.05) is 18.2 Å². The van der Waals surface area contributed by atoms with Crippen molar-refractivity contribution < 1.29 is 13.2 Å². The van der Waals surface area contributed by atoms with Crippen LogP contribution in [0.25, 0.3) is 10.8 Å². The lowest BCUT2D eigenvalue weighted by Crippen LogP contribution is -2.34. The maximum atomic E-state index is 13.3. The zero-order valence-corrected chi connectivity index (χ0v) is 15.3. The van der Waals surface area contributed by atoms with Gasteiger partial charge in [0.05, 0.1) is 4.90 Å². The van der Waals surface area contributed by atoms with E-state index in [2.05, 4.69) is 5.32 Å². The number of hydrogen-bond acceptors (Lipinski definition) is 3. The Morgan fingerprint density at radius 3 is 2.42 bits per heavy atom. The number of hydrogen-bond donors (Lipinski definition) is 1. The number of carbonyl (C=O) groups excluding carboxylic acids is 1. The van der Waals surface area contributed by atoms with Gasteiger partial charge in [0.2, 0.25) is 5.91 Å². The SMILES string of the molecule is O=C1Nc2ccccc2CCC1S(=O)(=O)c1ccc(Cl)c2ccccc12. The van der Waals surface area contributed by atoms with Crippen molar-refractivity contribution in [1.29, 1.82) is 0 Å². The summed E-state index contributed by atoms with van der Waals surface area (Å²) in [5.74, 6) is -0.492.